The number of nitrogens with one attached hydrogen (secondary N) is 1. The van der Waals surface area contributed by atoms with Crippen molar-refractivity contribution in [2.45, 2.75) is 31.9 Å². The van der Waals surface area contributed by atoms with E-state index in [4.69, 9.17) is 4.74 Å². The van der Waals surface area contributed by atoms with Gasteiger partial charge in [0.25, 0.3) is 0 Å². The summed E-state index contributed by atoms with van der Waals surface area (Å²) in [5, 5.41) is 13.5. The molecule has 2 N–H and O–H groups in total. The maximum atomic E-state index is 10.2. The number of rotatable bonds is 4. The minimum atomic E-state index is -0.428. The summed E-state index contributed by atoms with van der Waals surface area (Å²) in [5.74, 6) is 0.831. The first-order valence-electron chi connectivity index (χ1n) is 5.95. The maximum absolute atomic E-state index is 10.2. The molecule has 0 aromatic heterocycles. The number of hydrogen-bond donors (Lipinski definition) is 2. The van der Waals surface area contributed by atoms with Gasteiger partial charge >= 0.3 is 0 Å². The van der Waals surface area contributed by atoms with Gasteiger partial charge in [0.1, 0.15) is 5.75 Å². The largest absolute Gasteiger partial charge is 0.494 e. The summed E-state index contributed by atoms with van der Waals surface area (Å²) in [7, 11) is 0. The zero-order valence-electron chi connectivity index (χ0n) is 9.65. The molecule has 0 spiro atoms. The fourth-order valence-corrected chi connectivity index (χ4v) is 2.17. The van der Waals surface area contributed by atoms with Crippen molar-refractivity contribution >= 4 is 0 Å². The third-order valence-electron chi connectivity index (χ3n) is 2.99. The molecule has 2 atom stereocenters. The van der Waals surface area contributed by atoms with Crippen LogP contribution in [-0.2, 0) is 0 Å². The molecule has 1 saturated heterocycles. The van der Waals surface area contributed by atoms with Gasteiger partial charge in [-0.3, -0.25) is 0 Å². The Balaban J connectivity index is 2.09. The summed E-state index contributed by atoms with van der Waals surface area (Å²) in [6.07, 6.45) is 1.76. The number of benzene rings is 1. The van der Waals surface area contributed by atoms with Gasteiger partial charge in [-0.15, -0.1) is 0 Å². The molecule has 1 aliphatic heterocycles. The smallest absolute Gasteiger partial charge is 0.119 e. The second-order valence-electron chi connectivity index (χ2n) is 4.15. The van der Waals surface area contributed by atoms with Gasteiger partial charge in [0.15, 0.2) is 0 Å². The summed E-state index contributed by atoms with van der Waals surface area (Å²) < 4.78 is 5.43. The summed E-state index contributed by atoms with van der Waals surface area (Å²) in [5.41, 5.74) is 0.936. The molecule has 16 heavy (non-hydrogen) atoms. The molecule has 0 aliphatic carbocycles. The van der Waals surface area contributed by atoms with E-state index in [-0.39, 0.29) is 6.04 Å². The van der Waals surface area contributed by atoms with Crippen molar-refractivity contribution < 1.29 is 9.84 Å². The molecule has 3 heteroatoms. The summed E-state index contributed by atoms with van der Waals surface area (Å²) in [4.78, 5) is 0. The Bertz CT molecular complexity index is 334. The predicted octanol–water partition coefficient (Wildman–Crippen LogP) is 1.87. The van der Waals surface area contributed by atoms with Crippen molar-refractivity contribution in [3.8, 4) is 5.75 Å². The molecule has 3 nitrogen and oxygen atoms in total. The lowest BCUT2D eigenvalue weighted by atomic mass is 10.0. The fourth-order valence-electron chi connectivity index (χ4n) is 2.17. The Hall–Kier alpha value is -1.06. The van der Waals surface area contributed by atoms with Crippen molar-refractivity contribution in [1.29, 1.82) is 0 Å². The van der Waals surface area contributed by atoms with Gasteiger partial charge in [-0.25, -0.2) is 0 Å². The molecule has 1 fully saturated rings. The van der Waals surface area contributed by atoms with Gasteiger partial charge in [0.2, 0.25) is 0 Å². The zero-order chi connectivity index (χ0) is 11.4. The lowest BCUT2D eigenvalue weighted by Gasteiger charge is -2.19. The quantitative estimate of drug-likeness (QED) is 0.815. The first-order chi connectivity index (χ1) is 7.81. The highest BCUT2D eigenvalue weighted by molar-refractivity contribution is 5.30. The minimum absolute atomic E-state index is 0.192. The van der Waals surface area contributed by atoms with Crippen LogP contribution in [0.25, 0.3) is 0 Å². The van der Waals surface area contributed by atoms with E-state index in [0.717, 1.165) is 30.7 Å². The van der Waals surface area contributed by atoms with Gasteiger partial charge in [-0.2, -0.15) is 0 Å². The third kappa shape index (κ3) is 2.54. The van der Waals surface area contributed by atoms with Crippen LogP contribution in [0.15, 0.2) is 24.3 Å². The second-order valence-corrected chi connectivity index (χ2v) is 4.15. The molecule has 1 aromatic carbocycles. The van der Waals surface area contributed by atoms with E-state index >= 15 is 0 Å². The first-order valence-corrected chi connectivity index (χ1v) is 5.95. The molecule has 2 unspecified atom stereocenters. The van der Waals surface area contributed by atoms with Gasteiger partial charge in [0.05, 0.1) is 12.7 Å². The van der Waals surface area contributed by atoms with Crippen LogP contribution in [0.2, 0.25) is 0 Å². The average molecular weight is 221 g/mol. The molecule has 1 aliphatic rings. The van der Waals surface area contributed by atoms with Gasteiger partial charge in [-0.1, -0.05) is 12.1 Å². The second kappa shape index (κ2) is 5.32. The molecular weight excluding hydrogens is 202 g/mol. The van der Waals surface area contributed by atoms with E-state index in [0.29, 0.717) is 6.61 Å². The lowest BCUT2D eigenvalue weighted by molar-refractivity contribution is 0.137. The molecule has 0 saturated carbocycles. The normalized spacial score (nSPS) is 22.0. The molecule has 0 amide bonds. The molecular formula is C13H19NO2. The first kappa shape index (κ1) is 11.4. The Morgan fingerprint density at radius 1 is 1.56 bits per heavy atom. The Morgan fingerprint density at radius 3 is 3.12 bits per heavy atom. The standard InChI is InChI=1S/C13H19NO2/c1-2-16-11-6-3-5-10(9-11)13(15)12-7-4-8-14-12/h3,5-6,9,12-15H,2,4,7-8H2,1H3. The molecule has 1 aromatic rings. The van der Waals surface area contributed by atoms with E-state index in [9.17, 15) is 5.11 Å². The zero-order valence-corrected chi connectivity index (χ0v) is 9.65. The van der Waals surface area contributed by atoms with Crippen LogP contribution in [-0.4, -0.2) is 24.3 Å². The van der Waals surface area contributed by atoms with Crippen LogP contribution < -0.4 is 10.1 Å². The van der Waals surface area contributed by atoms with Gasteiger partial charge in [0, 0.05) is 6.04 Å². The summed E-state index contributed by atoms with van der Waals surface area (Å²) >= 11 is 0. The Labute approximate surface area is 96.4 Å². The summed E-state index contributed by atoms with van der Waals surface area (Å²) in [6, 6.07) is 7.92. The van der Waals surface area contributed by atoms with Crippen LogP contribution >= 0.6 is 0 Å². The van der Waals surface area contributed by atoms with Crippen molar-refractivity contribution in [2.75, 3.05) is 13.2 Å². The van der Waals surface area contributed by atoms with Crippen LogP contribution in [0.3, 0.4) is 0 Å². The number of hydrogen-bond acceptors (Lipinski definition) is 3. The monoisotopic (exact) mass is 221 g/mol. The Kier molecular flexibility index (Phi) is 3.80. The van der Waals surface area contributed by atoms with E-state index < -0.39 is 6.10 Å². The topological polar surface area (TPSA) is 41.5 Å². The SMILES string of the molecule is CCOc1cccc(C(O)C2CCCN2)c1. The van der Waals surface area contributed by atoms with E-state index in [1.54, 1.807) is 0 Å². The summed E-state index contributed by atoms with van der Waals surface area (Å²) in [6.45, 7) is 3.62. The van der Waals surface area contributed by atoms with Crippen molar-refractivity contribution in [3.05, 3.63) is 29.8 Å². The Morgan fingerprint density at radius 2 is 2.44 bits per heavy atom. The number of aliphatic hydroxyl groups is 1. The van der Waals surface area contributed by atoms with E-state index in [2.05, 4.69) is 5.32 Å². The van der Waals surface area contributed by atoms with Crippen LogP contribution in [0, 0.1) is 0 Å². The molecule has 0 radical (unpaired) electrons. The number of ether oxygens (including phenoxy) is 1. The lowest BCUT2D eigenvalue weighted by Crippen LogP contribution is -2.28. The fraction of sp³-hybridized carbons (Fsp3) is 0.538. The average Bonchev–Trinajstić information content (AvgIpc) is 2.82. The van der Waals surface area contributed by atoms with Gasteiger partial charge in [-0.05, 0) is 44.0 Å². The van der Waals surface area contributed by atoms with Crippen molar-refractivity contribution in [1.82, 2.24) is 5.32 Å². The van der Waals surface area contributed by atoms with E-state index in [1.807, 2.05) is 31.2 Å². The van der Waals surface area contributed by atoms with E-state index in [1.165, 1.54) is 0 Å². The van der Waals surface area contributed by atoms with Crippen LogP contribution in [0.5, 0.6) is 5.75 Å². The molecule has 2 rings (SSSR count). The van der Waals surface area contributed by atoms with Crippen LogP contribution in [0.4, 0.5) is 0 Å². The molecule has 88 valence electrons. The predicted molar refractivity (Wildman–Crippen MR) is 63.6 cm³/mol. The molecule has 0 bridgehead atoms. The highest BCUT2D eigenvalue weighted by Gasteiger charge is 2.23. The minimum Gasteiger partial charge on any atom is -0.494 e. The maximum Gasteiger partial charge on any atom is 0.119 e. The van der Waals surface area contributed by atoms with Crippen molar-refractivity contribution in [2.24, 2.45) is 0 Å². The van der Waals surface area contributed by atoms with Gasteiger partial charge < -0.3 is 15.2 Å². The van der Waals surface area contributed by atoms with Crippen LogP contribution in [0.1, 0.15) is 31.4 Å². The molecule has 1 heterocycles. The third-order valence-corrected chi connectivity index (χ3v) is 2.99. The highest BCUT2D eigenvalue weighted by Crippen LogP contribution is 2.25. The highest BCUT2D eigenvalue weighted by atomic mass is 16.5. The van der Waals surface area contributed by atoms with Crippen molar-refractivity contribution in [3.63, 3.8) is 0 Å². The number of aliphatic hydroxyl groups excluding tert-OH is 1.